The molecule has 0 spiro atoms. The van der Waals surface area contributed by atoms with Crippen LogP contribution in [0.4, 0.5) is 0 Å². The lowest BCUT2D eigenvalue weighted by molar-refractivity contribution is -0.127. The van der Waals surface area contributed by atoms with Crippen molar-refractivity contribution < 1.29 is 4.79 Å². The van der Waals surface area contributed by atoms with E-state index < -0.39 is 5.54 Å². The summed E-state index contributed by atoms with van der Waals surface area (Å²) in [5, 5.41) is 3.49. The SMILES string of the molecule is CCN(C1CCCC1)C1CCCC(NC(C)C)(C(N)=O)C1. The first-order valence-electron chi connectivity index (χ1n) is 8.82. The predicted octanol–water partition coefficient (Wildman–Crippen LogP) is 2.42. The van der Waals surface area contributed by atoms with Gasteiger partial charge < -0.3 is 11.1 Å². The number of carbonyl (C=O) groups excluding carboxylic acids is 1. The van der Waals surface area contributed by atoms with Crippen LogP contribution in [0.2, 0.25) is 0 Å². The van der Waals surface area contributed by atoms with Gasteiger partial charge in [0.1, 0.15) is 0 Å². The lowest BCUT2D eigenvalue weighted by Gasteiger charge is -2.46. The number of nitrogens with zero attached hydrogens (tertiary/aromatic N) is 1. The maximum Gasteiger partial charge on any atom is 0.237 e. The molecule has 0 aliphatic heterocycles. The van der Waals surface area contributed by atoms with Crippen LogP contribution >= 0.6 is 0 Å². The van der Waals surface area contributed by atoms with Crippen LogP contribution in [0.1, 0.15) is 72.1 Å². The van der Waals surface area contributed by atoms with Gasteiger partial charge in [-0.2, -0.15) is 0 Å². The van der Waals surface area contributed by atoms with Crippen molar-refractivity contribution in [3.05, 3.63) is 0 Å². The maximum atomic E-state index is 12.1. The molecule has 122 valence electrons. The number of primary amides is 1. The molecule has 0 aromatic carbocycles. The Bertz CT molecular complexity index is 352. The van der Waals surface area contributed by atoms with Crippen LogP contribution in [0.3, 0.4) is 0 Å². The molecule has 2 unspecified atom stereocenters. The molecule has 0 radical (unpaired) electrons. The monoisotopic (exact) mass is 295 g/mol. The normalized spacial score (nSPS) is 31.2. The minimum atomic E-state index is -0.497. The molecule has 0 heterocycles. The molecule has 4 heteroatoms. The van der Waals surface area contributed by atoms with Crippen LogP contribution in [0.25, 0.3) is 0 Å². The molecule has 0 aromatic heterocycles. The Morgan fingerprint density at radius 2 is 1.86 bits per heavy atom. The number of carbonyl (C=O) groups is 1. The van der Waals surface area contributed by atoms with Crippen molar-refractivity contribution in [2.45, 2.75) is 95.8 Å². The van der Waals surface area contributed by atoms with Gasteiger partial charge in [0.25, 0.3) is 0 Å². The molecule has 2 aliphatic rings. The summed E-state index contributed by atoms with van der Waals surface area (Å²) >= 11 is 0. The van der Waals surface area contributed by atoms with E-state index in [1.54, 1.807) is 0 Å². The van der Waals surface area contributed by atoms with E-state index in [-0.39, 0.29) is 11.9 Å². The molecule has 2 aliphatic carbocycles. The van der Waals surface area contributed by atoms with E-state index in [2.05, 4.69) is 31.0 Å². The van der Waals surface area contributed by atoms with Crippen LogP contribution in [0.15, 0.2) is 0 Å². The molecule has 1 amide bonds. The minimum absolute atomic E-state index is 0.164. The van der Waals surface area contributed by atoms with Crippen molar-refractivity contribution in [2.24, 2.45) is 5.73 Å². The van der Waals surface area contributed by atoms with Gasteiger partial charge >= 0.3 is 0 Å². The van der Waals surface area contributed by atoms with Crippen LogP contribution < -0.4 is 11.1 Å². The van der Waals surface area contributed by atoms with E-state index in [4.69, 9.17) is 5.73 Å². The molecular weight excluding hydrogens is 262 g/mol. The third kappa shape index (κ3) is 3.78. The zero-order chi connectivity index (χ0) is 15.5. The maximum absolute atomic E-state index is 12.1. The molecule has 21 heavy (non-hydrogen) atoms. The van der Waals surface area contributed by atoms with Gasteiger partial charge in [-0.25, -0.2) is 0 Å². The average molecular weight is 295 g/mol. The summed E-state index contributed by atoms with van der Waals surface area (Å²) in [7, 11) is 0. The largest absolute Gasteiger partial charge is 0.368 e. The van der Waals surface area contributed by atoms with Crippen molar-refractivity contribution in [3.8, 4) is 0 Å². The van der Waals surface area contributed by atoms with Gasteiger partial charge in [-0.05, 0) is 58.9 Å². The Balaban J connectivity index is 2.11. The van der Waals surface area contributed by atoms with Crippen molar-refractivity contribution in [1.29, 1.82) is 0 Å². The van der Waals surface area contributed by atoms with Gasteiger partial charge in [0.2, 0.25) is 5.91 Å². The van der Waals surface area contributed by atoms with Crippen LogP contribution in [-0.2, 0) is 4.79 Å². The highest BCUT2D eigenvalue weighted by atomic mass is 16.1. The second-order valence-corrected chi connectivity index (χ2v) is 7.26. The van der Waals surface area contributed by atoms with Crippen LogP contribution in [0.5, 0.6) is 0 Å². The number of nitrogens with two attached hydrogens (primary N) is 1. The molecule has 2 saturated carbocycles. The first-order valence-corrected chi connectivity index (χ1v) is 8.82. The number of amides is 1. The van der Waals surface area contributed by atoms with E-state index in [0.717, 1.165) is 31.8 Å². The fourth-order valence-corrected chi connectivity index (χ4v) is 4.56. The van der Waals surface area contributed by atoms with Gasteiger partial charge in [-0.3, -0.25) is 9.69 Å². The Hall–Kier alpha value is -0.610. The number of hydrogen-bond donors (Lipinski definition) is 2. The standard InChI is InChI=1S/C17H33N3O/c1-4-20(14-8-5-6-9-14)15-10-7-11-17(12-15,16(18)21)19-13(2)3/h13-15,19H,4-12H2,1-3H3,(H2,18,21). The molecule has 0 bridgehead atoms. The molecule has 0 aromatic rings. The molecule has 3 N–H and O–H groups in total. The summed E-state index contributed by atoms with van der Waals surface area (Å²) in [5.41, 5.74) is 5.29. The molecule has 4 nitrogen and oxygen atoms in total. The third-order valence-electron chi connectivity index (χ3n) is 5.39. The number of rotatable bonds is 6. The van der Waals surface area contributed by atoms with Gasteiger partial charge in [0, 0.05) is 18.1 Å². The first-order chi connectivity index (χ1) is 9.98. The second-order valence-electron chi connectivity index (χ2n) is 7.26. The highest BCUT2D eigenvalue weighted by molar-refractivity contribution is 5.85. The smallest absolute Gasteiger partial charge is 0.237 e. The molecular formula is C17H33N3O. The summed E-state index contributed by atoms with van der Waals surface area (Å²) in [6, 6.07) is 1.52. The third-order valence-corrected chi connectivity index (χ3v) is 5.39. The van der Waals surface area contributed by atoms with E-state index in [1.165, 1.54) is 32.1 Å². The van der Waals surface area contributed by atoms with Crippen molar-refractivity contribution in [3.63, 3.8) is 0 Å². The second kappa shape index (κ2) is 7.10. The van der Waals surface area contributed by atoms with Gasteiger partial charge in [-0.15, -0.1) is 0 Å². The summed E-state index contributed by atoms with van der Waals surface area (Å²) < 4.78 is 0. The van der Waals surface area contributed by atoms with Crippen molar-refractivity contribution >= 4 is 5.91 Å². The average Bonchev–Trinajstić information content (AvgIpc) is 2.93. The Kier molecular flexibility index (Phi) is 5.67. The lowest BCUT2D eigenvalue weighted by Crippen LogP contribution is -2.62. The zero-order valence-electron chi connectivity index (χ0n) is 14.0. The van der Waals surface area contributed by atoms with Gasteiger partial charge in [0.15, 0.2) is 0 Å². The van der Waals surface area contributed by atoms with Crippen LogP contribution in [-0.4, -0.2) is 41.0 Å². The summed E-state index contributed by atoms with van der Waals surface area (Å²) in [6.07, 6.45) is 9.44. The topological polar surface area (TPSA) is 58.4 Å². The van der Waals surface area contributed by atoms with Crippen molar-refractivity contribution in [1.82, 2.24) is 10.2 Å². The zero-order valence-corrected chi connectivity index (χ0v) is 14.0. The highest BCUT2D eigenvalue weighted by Crippen LogP contribution is 2.35. The molecule has 2 atom stereocenters. The minimum Gasteiger partial charge on any atom is -0.368 e. The van der Waals surface area contributed by atoms with E-state index in [9.17, 15) is 4.79 Å². The van der Waals surface area contributed by atoms with Gasteiger partial charge in [0.05, 0.1) is 5.54 Å². The summed E-state index contributed by atoms with van der Waals surface area (Å²) in [6.45, 7) is 7.55. The molecule has 2 rings (SSSR count). The Labute approximate surface area is 129 Å². The highest BCUT2D eigenvalue weighted by Gasteiger charge is 2.44. The molecule has 2 fully saturated rings. The predicted molar refractivity (Wildman–Crippen MR) is 87.1 cm³/mol. The number of hydrogen-bond acceptors (Lipinski definition) is 3. The summed E-state index contributed by atoms with van der Waals surface area (Å²) in [4.78, 5) is 14.8. The fourth-order valence-electron chi connectivity index (χ4n) is 4.56. The Morgan fingerprint density at radius 1 is 1.24 bits per heavy atom. The van der Waals surface area contributed by atoms with E-state index in [1.807, 2.05) is 0 Å². The summed E-state index contributed by atoms with van der Waals surface area (Å²) in [5.74, 6) is -0.164. The molecule has 0 saturated heterocycles. The first kappa shape index (κ1) is 16.8. The Morgan fingerprint density at radius 3 is 2.38 bits per heavy atom. The fraction of sp³-hybridized carbons (Fsp3) is 0.941. The van der Waals surface area contributed by atoms with E-state index >= 15 is 0 Å². The van der Waals surface area contributed by atoms with Crippen molar-refractivity contribution in [2.75, 3.05) is 6.54 Å². The number of nitrogens with one attached hydrogen (secondary N) is 1. The van der Waals surface area contributed by atoms with E-state index in [0.29, 0.717) is 6.04 Å². The van der Waals surface area contributed by atoms with Crippen LogP contribution in [0, 0.1) is 0 Å². The lowest BCUT2D eigenvalue weighted by atomic mass is 9.77. The van der Waals surface area contributed by atoms with Gasteiger partial charge in [-0.1, -0.05) is 19.8 Å². The quantitative estimate of drug-likeness (QED) is 0.791.